The minimum absolute atomic E-state index is 0.0134. The molecule has 0 bridgehead atoms. The Hall–Kier alpha value is -2.14. The molecule has 3 rings (SSSR count). The van der Waals surface area contributed by atoms with Crippen LogP contribution in [0.3, 0.4) is 0 Å². The van der Waals surface area contributed by atoms with Crippen LogP contribution in [0, 0.1) is 0 Å². The van der Waals surface area contributed by atoms with Gasteiger partial charge in [0.05, 0.1) is 24.3 Å². The first-order valence-corrected chi connectivity index (χ1v) is 6.12. The molecule has 1 aromatic carbocycles. The lowest BCUT2D eigenvalue weighted by atomic mass is 9.95. The fraction of sp³-hybridized carbons (Fsp3) is 0.286. The molecule has 0 saturated carbocycles. The van der Waals surface area contributed by atoms with Gasteiger partial charge in [0.1, 0.15) is 11.9 Å². The summed E-state index contributed by atoms with van der Waals surface area (Å²) in [6, 6.07) is 7.17. The molecule has 1 unspecified atom stereocenters. The predicted octanol–water partition coefficient (Wildman–Crippen LogP) is 0.582. The fourth-order valence-electron chi connectivity index (χ4n) is 2.56. The van der Waals surface area contributed by atoms with E-state index < -0.39 is 6.10 Å². The zero-order chi connectivity index (χ0) is 13.6. The van der Waals surface area contributed by atoms with Crippen LogP contribution in [0.2, 0.25) is 0 Å². The van der Waals surface area contributed by atoms with Crippen molar-refractivity contribution in [1.82, 2.24) is 4.90 Å². The minimum atomic E-state index is -0.454. The van der Waals surface area contributed by atoms with Crippen LogP contribution >= 0.6 is 0 Å². The average molecular weight is 259 g/mol. The van der Waals surface area contributed by atoms with Crippen LogP contribution < -0.4 is 4.74 Å². The molecular formula is C14H13NO4. The maximum absolute atomic E-state index is 12.3. The second-order valence-electron chi connectivity index (χ2n) is 4.53. The lowest BCUT2D eigenvalue weighted by molar-refractivity contribution is -0.137. The van der Waals surface area contributed by atoms with Gasteiger partial charge in [-0.25, -0.2) is 0 Å². The van der Waals surface area contributed by atoms with Crippen LogP contribution in [-0.2, 0) is 9.59 Å². The number of benzene rings is 1. The molecule has 1 N–H and O–H groups in total. The summed E-state index contributed by atoms with van der Waals surface area (Å²) in [5.41, 5.74) is 1.44. The number of hydrogen-bond acceptors (Lipinski definition) is 4. The summed E-state index contributed by atoms with van der Waals surface area (Å²) >= 11 is 0. The van der Waals surface area contributed by atoms with E-state index in [9.17, 15) is 9.59 Å². The maximum Gasteiger partial charge on any atom is 0.262 e. The molecule has 5 heteroatoms. The van der Waals surface area contributed by atoms with Gasteiger partial charge in [-0.2, -0.15) is 0 Å². The molecule has 5 nitrogen and oxygen atoms in total. The lowest BCUT2D eigenvalue weighted by Gasteiger charge is -2.23. The molecule has 1 atom stereocenters. The summed E-state index contributed by atoms with van der Waals surface area (Å²) in [6.07, 6.45) is -0.454. The van der Waals surface area contributed by atoms with Crippen LogP contribution in [0.4, 0.5) is 0 Å². The summed E-state index contributed by atoms with van der Waals surface area (Å²) < 4.78 is 5.67. The third kappa shape index (κ3) is 1.58. The van der Waals surface area contributed by atoms with Gasteiger partial charge in [0, 0.05) is 5.56 Å². The van der Waals surface area contributed by atoms with E-state index >= 15 is 0 Å². The van der Waals surface area contributed by atoms with Gasteiger partial charge < -0.3 is 9.84 Å². The number of rotatable bonds is 2. The van der Waals surface area contributed by atoms with Crippen molar-refractivity contribution in [3.05, 3.63) is 35.4 Å². The average Bonchev–Trinajstić information content (AvgIpc) is 2.65. The molecule has 0 fully saturated rings. The normalized spacial score (nSPS) is 21.4. The number of β-amino-alcohol motifs (C(OH)–C–C–N with tert-alkyl or cyclic N) is 1. The summed E-state index contributed by atoms with van der Waals surface area (Å²) in [4.78, 5) is 25.6. The Kier molecular flexibility index (Phi) is 2.64. The van der Waals surface area contributed by atoms with Crippen molar-refractivity contribution in [1.29, 1.82) is 0 Å². The van der Waals surface area contributed by atoms with Crippen LogP contribution in [0.15, 0.2) is 29.8 Å². The topological polar surface area (TPSA) is 66.8 Å². The molecule has 19 heavy (non-hydrogen) atoms. The van der Waals surface area contributed by atoms with E-state index in [4.69, 9.17) is 9.84 Å². The van der Waals surface area contributed by atoms with E-state index in [1.807, 2.05) is 6.07 Å². The van der Waals surface area contributed by atoms with Crippen LogP contribution in [0.25, 0.3) is 5.57 Å². The van der Waals surface area contributed by atoms with E-state index in [-0.39, 0.29) is 25.0 Å². The van der Waals surface area contributed by atoms with Gasteiger partial charge >= 0.3 is 0 Å². The summed E-state index contributed by atoms with van der Waals surface area (Å²) in [5, 5.41) is 8.96. The Morgan fingerprint density at radius 2 is 2.00 bits per heavy atom. The molecule has 0 saturated heterocycles. The molecule has 1 aromatic rings. The number of nitrogens with zero attached hydrogens (tertiary/aromatic N) is 1. The van der Waals surface area contributed by atoms with Gasteiger partial charge in [-0.3, -0.25) is 14.5 Å². The second kappa shape index (κ2) is 4.20. The fourth-order valence-corrected chi connectivity index (χ4v) is 2.56. The largest absolute Gasteiger partial charge is 0.485 e. The lowest BCUT2D eigenvalue weighted by Crippen LogP contribution is -2.35. The molecule has 98 valence electrons. The van der Waals surface area contributed by atoms with Crippen molar-refractivity contribution >= 4 is 17.4 Å². The van der Waals surface area contributed by atoms with E-state index in [1.165, 1.54) is 0 Å². The Morgan fingerprint density at radius 1 is 1.26 bits per heavy atom. The summed E-state index contributed by atoms with van der Waals surface area (Å²) in [7, 11) is 0. The molecule has 2 aliphatic heterocycles. The third-order valence-electron chi connectivity index (χ3n) is 3.39. The summed E-state index contributed by atoms with van der Waals surface area (Å²) in [6.45, 7) is 1.52. The quantitative estimate of drug-likeness (QED) is 0.789. The van der Waals surface area contributed by atoms with Gasteiger partial charge in [0.25, 0.3) is 11.8 Å². The SMILES string of the molecule is CC1Oc2ccccc2C2=C1C(=O)N(CCO)C2=O. The number of para-hydroxylation sites is 1. The molecule has 2 aliphatic rings. The molecule has 0 radical (unpaired) electrons. The van der Waals surface area contributed by atoms with Crippen LogP contribution in [0.1, 0.15) is 12.5 Å². The number of amides is 2. The highest BCUT2D eigenvalue weighted by molar-refractivity contribution is 6.36. The van der Waals surface area contributed by atoms with Crippen molar-refractivity contribution in [3.8, 4) is 5.75 Å². The molecule has 0 aromatic heterocycles. The Balaban J connectivity index is 2.15. The van der Waals surface area contributed by atoms with Gasteiger partial charge in [-0.15, -0.1) is 0 Å². The Morgan fingerprint density at radius 3 is 2.74 bits per heavy atom. The monoisotopic (exact) mass is 259 g/mol. The van der Waals surface area contributed by atoms with Crippen molar-refractivity contribution < 1.29 is 19.4 Å². The molecular weight excluding hydrogens is 246 g/mol. The highest BCUT2D eigenvalue weighted by atomic mass is 16.5. The van der Waals surface area contributed by atoms with E-state index in [0.29, 0.717) is 22.5 Å². The first-order chi connectivity index (χ1) is 9.15. The number of carbonyl (C=O) groups excluding carboxylic acids is 2. The van der Waals surface area contributed by atoms with E-state index in [1.54, 1.807) is 25.1 Å². The number of hydrogen-bond donors (Lipinski definition) is 1. The standard InChI is InChI=1S/C14H13NO4/c1-8-11-12(9-4-2-3-5-10(9)19-8)14(18)15(6-7-16)13(11)17/h2-5,8,16H,6-7H2,1H3. The van der Waals surface area contributed by atoms with Crippen molar-refractivity contribution in [2.45, 2.75) is 13.0 Å². The van der Waals surface area contributed by atoms with Crippen molar-refractivity contribution in [2.24, 2.45) is 0 Å². The van der Waals surface area contributed by atoms with E-state index in [2.05, 4.69) is 0 Å². The number of imide groups is 1. The Bertz CT molecular complexity index is 605. The summed E-state index contributed by atoms with van der Waals surface area (Å²) in [5.74, 6) is -0.103. The number of ether oxygens (including phenoxy) is 1. The van der Waals surface area contributed by atoms with Crippen LogP contribution in [0.5, 0.6) is 5.75 Å². The van der Waals surface area contributed by atoms with Crippen LogP contribution in [-0.4, -0.2) is 41.1 Å². The Labute approximate surface area is 110 Å². The first-order valence-electron chi connectivity index (χ1n) is 6.12. The highest BCUT2D eigenvalue weighted by Crippen LogP contribution is 2.40. The molecule has 2 amide bonds. The number of aliphatic hydroxyl groups excluding tert-OH is 1. The van der Waals surface area contributed by atoms with Gasteiger partial charge in [-0.05, 0) is 13.0 Å². The highest BCUT2D eigenvalue weighted by Gasteiger charge is 2.44. The second-order valence-corrected chi connectivity index (χ2v) is 4.53. The smallest absolute Gasteiger partial charge is 0.262 e. The number of carbonyl (C=O) groups is 2. The van der Waals surface area contributed by atoms with Crippen molar-refractivity contribution in [3.63, 3.8) is 0 Å². The zero-order valence-corrected chi connectivity index (χ0v) is 10.4. The predicted molar refractivity (Wildman–Crippen MR) is 67.3 cm³/mol. The molecule has 0 spiro atoms. The number of fused-ring (bicyclic) bond motifs is 2. The van der Waals surface area contributed by atoms with Gasteiger partial charge in [-0.1, -0.05) is 18.2 Å². The first kappa shape index (κ1) is 11.9. The van der Waals surface area contributed by atoms with Crippen molar-refractivity contribution in [2.75, 3.05) is 13.2 Å². The van der Waals surface area contributed by atoms with Gasteiger partial charge in [0.2, 0.25) is 0 Å². The molecule has 0 aliphatic carbocycles. The molecule has 2 heterocycles. The minimum Gasteiger partial charge on any atom is -0.485 e. The zero-order valence-electron chi connectivity index (χ0n) is 10.4. The number of aliphatic hydroxyl groups is 1. The third-order valence-corrected chi connectivity index (χ3v) is 3.39. The van der Waals surface area contributed by atoms with Gasteiger partial charge in [0.15, 0.2) is 0 Å². The maximum atomic E-state index is 12.3. The van der Waals surface area contributed by atoms with E-state index in [0.717, 1.165) is 4.90 Å².